The Bertz CT molecular complexity index is 468. The Morgan fingerprint density at radius 3 is 2.94 bits per heavy atom. The van der Waals surface area contributed by atoms with E-state index in [0.29, 0.717) is 11.8 Å². The lowest BCUT2D eigenvalue weighted by molar-refractivity contribution is -0.153. The fourth-order valence-corrected chi connectivity index (χ4v) is 4.12. The summed E-state index contributed by atoms with van der Waals surface area (Å²) in [7, 11) is 1.92. The van der Waals surface area contributed by atoms with E-state index >= 15 is 0 Å². The Morgan fingerprint density at radius 1 is 1.61 bits per heavy atom. The molecule has 2 aliphatic carbocycles. The second kappa shape index (κ2) is 4.11. The molecule has 98 valence electrons. The van der Waals surface area contributed by atoms with Gasteiger partial charge in [0.25, 0.3) is 0 Å². The van der Waals surface area contributed by atoms with Gasteiger partial charge < -0.3 is 5.11 Å². The number of carboxylic acid groups (broad SMARTS) is 1. The Kier molecular flexibility index (Phi) is 2.68. The summed E-state index contributed by atoms with van der Waals surface area (Å²) in [6, 6.07) is 1.99. The molecule has 3 rings (SSSR count). The summed E-state index contributed by atoms with van der Waals surface area (Å²) in [5, 5.41) is 13.8. The lowest BCUT2D eigenvalue weighted by Crippen LogP contribution is -2.37. The number of aromatic nitrogens is 2. The number of rotatable bonds is 4. The number of hydrogen-bond acceptors (Lipinski definition) is 2. The van der Waals surface area contributed by atoms with E-state index in [1.165, 1.54) is 6.42 Å². The maximum atomic E-state index is 11.7. The molecule has 3 unspecified atom stereocenters. The van der Waals surface area contributed by atoms with Gasteiger partial charge >= 0.3 is 5.97 Å². The van der Waals surface area contributed by atoms with E-state index < -0.39 is 11.4 Å². The minimum atomic E-state index is -0.572. The molecule has 2 bridgehead atoms. The maximum Gasteiger partial charge on any atom is 0.309 e. The molecule has 4 nitrogen and oxygen atoms in total. The average molecular weight is 248 g/mol. The fraction of sp³-hybridized carbons (Fsp3) is 0.714. The highest BCUT2D eigenvalue weighted by Crippen LogP contribution is 2.58. The van der Waals surface area contributed by atoms with Crippen molar-refractivity contribution in [3.8, 4) is 0 Å². The van der Waals surface area contributed by atoms with E-state index in [4.69, 9.17) is 0 Å². The summed E-state index contributed by atoms with van der Waals surface area (Å²) in [6.07, 6.45) is 7.76. The molecular weight excluding hydrogens is 228 g/mol. The standard InChI is InChI=1S/C14H20N2O2/c1-16-12(5-7-15-16)4-6-14(13(17)18)9-10-2-3-11(14)8-10/h5,7,10-11H,2-4,6,8-9H2,1H3,(H,17,18). The van der Waals surface area contributed by atoms with Crippen molar-refractivity contribution in [1.29, 1.82) is 0 Å². The number of aliphatic carboxylic acids is 1. The van der Waals surface area contributed by atoms with Crippen molar-refractivity contribution in [2.45, 2.75) is 38.5 Å². The molecule has 4 heteroatoms. The van der Waals surface area contributed by atoms with Gasteiger partial charge in [-0.1, -0.05) is 6.42 Å². The molecule has 0 aliphatic heterocycles. The number of fused-ring (bicyclic) bond motifs is 2. The van der Waals surface area contributed by atoms with E-state index in [9.17, 15) is 9.90 Å². The Balaban J connectivity index is 1.76. The first kappa shape index (κ1) is 11.8. The fourth-order valence-electron chi connectivity index (χ4n) is 4.12. The van der Waals surface area contributed by atoms with Crippen LogP contribution in [0.15, 0.2) is 12.3 Å². The summed E-state index contributed by atoms with van der Waals surface area (Å²) in [4.78, 5) is 11.7. The summed E-state index contributed by atoms with van der Waals surface area (Å²) in [6.45, 7) is 0. The molecule has 2 fully saturated rings. The van der Waals surface area contributed by atoms with E-state index in [2.05, 4.69) is 5.10 Å². The lowest BCUT2D eigenvalue weighted by Gasteiger charge is -2.33. The zero-order valence-electron chi connectivity index (χ0n) is 10.8. The van der Waals surface area contributed by atoms with Crippen LogP contribution in [0, 0.1) is 17.3 Å². The quantitative estimate of drug-likeness (QED) is 0.889. The molecule has 2 aliphatic rings. The number of hydrogen-bond donors (Lipinski definition) is 1. The van der Waals surface area contributed by atoms with Crippen LogP contribution in [-0.4, -0.2) is 20.9 Å². The third-order valence-electron chi connectivity index (χ3n) is 5.15. The third-order valence-corrected chi connectivity index (χ3v) is 5.15. The Hall–Kier alpha value is -1.32. The highest BCUT2D eigenvalue weighted by molar-refractivity contribution is 5.75. The molecule has 18 heavy (non-hydrogen) atoms. The zero-order valence-corrected chi connectivity index (χ0v) is 10.8. The van der Waals surface area contributed by atoms with E-state index in [0.717, 1.165) is 37.8 Å². The predicted molar refractivity (Wildman–Crippen MR) is 67.0 cm³/mol. The van der Waals surface area contributed by atoms with Gasteiger partial charge in [0.15, 0.2) is 0 Å². The van der Waals surface area contributed by atoms with Crippen molar-refractivity contribution >= 4 is 5.97 Å². The molecule has 3 atom stereocenters. The number of carbonyl (C=O) groups is 1. The largest absolute Gasteiger partial charge is 0.481 e. The molecular formula is C14H20N2O2. The second-order valence-corrected chi connectivity index (χ2v) is 5.99. The van der Waals surface area contributed by atoms with Crippen molar-refractivity contribution < 1.29 is 9.90 Å². The zero-order chi connectivity index (χ0) is 12.8. The normalized spacial score (nSPS) is 34.1. The van der Waals surface area contributed by atoms with E-state index in [-0.39, 0.29) is 0 Å². The summed E-state index contributed by atoms with van der Waals surface area (Å²) >= 11 is 0. The number of nitrogens with zero attached hydrogens (tertiary/aromatic N) is 2. The Labute approximate surface area is 107 Å². The van der Waals surface area contributed by atoms with Gasteiger partial charge in [0, 0.05) is 18.9 Å². The maximum absolute atomic E-state index is 11.7. The highest BCUT2D eigenvalue weighted by atomic mass is 16.4. The lowest BCUT2D eigenvalue weighted by atomic mass is 9.70. The van der Waals surface area contributed by atoms with Crippen LogP contribution in [0.1, 0.15) is 37.8 Å². The molecule has 1 aromatic heterocycles. The van der Waals surface area contributed by atoms with Crippen LogP contribution in [0.3, 0.4) is 0 Å². The van der Waals surface area contributed by atoms with Crippen molar-refractivity contribution in [2.24, 2.45) is 24.3 Å². The summed E-state index contributed by atoms with van der Waals surface area (Å²) < 4.78 is 1.85. The van der Waals surface area contributed by atoms with Crippen LogP contribution in [0.2, 0.25) is 0 Å². The predicted octanol–water partition coefficient (Wildman–Crippen LogP) is 2.24. The van der Waals surface area contributed by atoms with Gasteiger partial charge in [-0.3, -0.25) is 9.48 Å². The van der Waals surface area contributed by atoms with Gasteiger partial charge in [-0.15, -0.1) is 0 Å². The van der Waals surface area contributed by atoms with Gasteiger partial charge in [-0.05, 0) is 50.0 Å². The van der Waals surface area contributed by atoms with Crippen molar-refractivity contribution in [1.82, 2.24) is 9.78 Å². The van der Waals surface area contributed by atoms with Crippen LogP contribution in [0.25, 0.3) is 0 Å². The van der Waals surface area contributed by atoms with Gasteiger partial charge in [-0.25, -0.2) is 0 Å². The molecule has 2 saturated carbocycles. The minimum absolute atomic E-state index is 0.410. The highest BCUT2D eigenvalue weighted by Gasteiger charge is 2.55. The van der Waals surface area contributed by atoms with E-state index in [1.54, 1.807) is 6.20 Å². The van der Waals surface area contributed by atoms with Crippen LogP contribution in [0.5, 0.6) is 0 Å². The molecule has 0 radical (unpaired) electrons. The summed E-state index contributed by atoms with van der Waals surface area (Å²) in [5.74, 6) is 0.503. The second-order valence-electron chi connectivity index (χ2n) is 5.99. The van der Waals surface area contributed by atoms with Gasteiger partial charge in [-0.2, -0.15) is 5.10 Å². The Morgan fingerprint density at radius 2 is 2.44 bits per heavy atom. The first-order chi connectivity index (χ1) is 8.62. The molecule has 0 saturated heterocycles. The van der Waals surface area contributed by atoms with Crippen LogP contribution < -0.4 is 0 Å². The molecule has 0 amide bonds. The van der Waals surface area contributed by atoms with Gasteiger partial charge in [0.05, 0.1) is 5.41 Å². The van der Waals surface area contributed by atoms with Gasteiger partial charge in [0.1, 0.15) is 0 Å². The number of aryl methyl sites for hydroxylation is 2. The van der Waals surface area contributed by atoms with Crippen molar-refractivity contribution in [3.63, 3.8) is 0 Å². The molecule has 1 N–H and O–H groups in total. The SMILES string of the molecule is Cn1nccc1CCC1(C(=O)O)CC2CCC1C2. The van der Waals surface area contributed by atoms with Crippen LogP contribution in [0.4, 0.5) is 0 Å². The molecule has 0 aromatic carbocycles. The van der Waals surface area contributed by atoms with Crippen LogP contribution in [-0.2, 0) is 18.3 Å². The first-order valence-electron chi connectivity index (χ1n) is 6.82. The third kappa shape index (κ3) is 1.66. The topological polar surface area (TPSA) is 55.1 Å². The van der Waals surface area contributed by atoms with E-state index in [1.807, 2.05) is 17.8 Å². The summed E-state index contributed by atoms with van der Waals surface area (Å²) in [5.41, 5.74) is 0.686. The van der Waals surface area contributed by atoms with Crippen molar-refractivity contribution in [2.75, 3.05) is 0 Å². The molecule has 1 aromatic rings. The number of carboxylic acids is 1. The molecule has 1 heterocycles. The molecule has 0 spiro atoms. The van der Waals surface area contributed by atoms with Gasteiger partial charge in [0.2, 0.25) is 0 Å². The first-order valence-corrected chi connectivity index (χ1v) is 6.82. The average Bonchev–Trinajstić information content (AvgIpc) is 3.01. The minimum Gasteiger partial charge on any atom is -0.481 e. The van der Waals surface area contributed by atoms with Crippen molar-refractivity contribution in [3.05, 3.63) is 18.0 Å². The van der Waals surface area contributed by atoms with Crippen LogP contribution >= 0.6 is 0 Å². The smallest absolute Gasteiger partial charge is 0.309 e. The monoisotopic (exact) mass is 248 g/mol.